The Labute approximate surface area is 162 Å². The summed E-state index contributed by atoms with van der Waals surface area (Å²) in [6, 6.07) is 7.90. The Morgan fingerprint density at radius 1 is 1.32 bits per heavy atom. The first-order valence-corrected chi connectivity index (χ1v) is 10.4. The fraction of sp³-hybridized carbons (Fsp3) is 0.500. The van der Waals surface area contributed by atoms with Crippen molar-refractivity contribution in [3.8, 4) is 5.75 Å². The van der Waals surface area contributed by atoms with Crippen LogP contribution in [0, 0.1) is 0 Å². The first kappa shape index (κ1) is 20.2. The number of hydrazine groups is 1. The summed E-state index contributed by atoms with van der Waals surface area (Å²) >= 11 is 8.90. The lowest BCUT2D eigenvalue weighted by Gasteiger charge is -2.17. The van der Waals surface area contributed by atoms with Crippen LogP contribution in [0.3, 0.4) is 0 Å². The number of carbonyl (C=O) groups excluding carboxylic acids is 1. The number of nitrogens with one attached hydrogen (secondary N) is 3. The van der Waals surface area contributed by atoms with Gasteiger partial charge in [0.15, 0.2) is 11.7 Å². The molecule has 1 aromatic rings. The van der Waals surface area contributed by atoms with Crippen molar-refractivity contribution in [3.05, 3.63) is 29.8 Å². The largest absolute Gasteiger partial charge is 0.483 e. The molecule has 0 spiro atoms. The quantitative estimate of drug-likeness (QED) is 0.474. The summed E-state index contributed by atoms with van der Waals surface area (Å²) in [7, 11) is 1.62. The maximum absolute atomic E-state index is 11.9. The Hall–Kier alpha value is -1.16. The van der Waals surface area contributed by atoms with Gasteiger partial charge in [0.1, 0.15) is 5.75 Å². The lowest BCUT2D eigenvalue weighted by molar-refractivity contribution is -0.123. The van der Waals surface area contributed by atoms with Crippen LogP contribution < -0.4 is 20.9 Å². The number of rotatable bonds is 7. The second-order valence-corrected chi connectivity index (χ2v) is 8.54. The Bertz CT molecular complexity index is 583. The number of thiocarbonyl (C=S) groups is 1. The zero-order chi connectivity index (χ0) is 18.1. The minimum Gasteiger partial charge on any atom is -0.483 e. The second kappa shape index (κ2) is 10.7. The number of para-hydroxylation sites is 1. The highest BCUT2D eigenvalue weighted by atomic mass is 32.2. The van der Waals surface area contributed by atoms with Gasteiger partial charge in [0.05, 0.1) is 11.2 Å². The van der Waals surface area contributed by atoms with Crippen LogP contribution in [0.4, 0.5) is 0 Å². The molecule has 6 nitrogen and oxygen atoms in total. The molecular formula is C16H23N3O3S3. The van der Waals surface area contributed by atoms with E-state index in [9.17, 15) is 4.79 Å². The number of benzene rings is 1. The molecule has 0 radical (unpaired) electrons. The third-order valence-electron chi connectivity index (χ3n) is 3.26. The maximum Gasteiger partial charge on any atom is 0.276 e. The van der Waals surface area contributed by atoms with Gasteiger partial charge in [-0.15, -0.1) is 23.5 Å². The summed E-state index contributed by atoms with van der Waals surface area (Å²) in [5.41, 5.74) is 6.30. The van der Waals surface area contributed by atoms with Crippen molar-refractivity contribution in [2.45, 2.75) is 17.5 Å². The summed E-state index contributed by atoms with van der Waals surface area (Å²) in [4.78, 5) is 11.9. The van der Waals surface area contributed by atoms with Crippen molar-refractivity contribution >= 4 is 46.8 Å². The summed E-state index contributed by atoms with van der Waals surface area (Å²) in [6.07, 6.45) is 0. The predicted octanol–water partition coefficient (Wildman–Crippen LogP) is 2.07. The van der Waals surface area contributed by atoms with E-state index in [1.54, 1.807) is 7.11 Å². The van der Waals surface area contributed by atoms with Crippen LogP contribution in [0.2, 0.25) is 0 Å². The van der Waals surface area contributed by atoms with E-state index in [2.05, 4.69) is 22.2 Å². The average molecular weight is 402 g/mol. The molecule has 1 fully saturated rings. The molecule has 9 heteroatoms. The number of carbonyl (C=O) groups is 1. The smallest absolute Gasteiger partial charge is 0.276 e. The number of amides is 1. The van der Waals surface area contributed by atoms with Crippen LogP contribution in [-0.4, -0.2) is 48.9 Å². The van der Waals surface area contributed by atoms with E-state index in [1.807, 2.05) is 48.6 Å². The van der Waals surface area contributed by atoms with Gasteiger partial charge >= 0.3 is 0 Å². The van der Waals surface area contributed by atoms with E-state index >= 15 is 0 Å². The monoisotopic (exact) mass is 401 g/mol. The minimum absolute atomic E-state index is 0.0476. The standard InChI is InChI=1S/C16H23N3O3S3/c1-11(9-21-2)17-16(23)19-18-14(20)10-22-13-6-4-3-5-12(13)15-24-7-8-25-15/h3-6,11,15H,7-10H2,1-2H3,(H,18,20)(H2,17,19,23)/t11-/m0/s1. The molecule has 2 rings (SSSR count). The Morgan fingerprint density at radius 3 is 2.76 bits per heavy atom. The Kier molecular flexibility index (Phi) is 8.66. The highest BCUT2D eigenvalue weighted by molar-refractivity contribution is 8.19. The first-order valence-electron chi connectivity index (χ1n) is 7.89. The molecule has 1 atom stereocenters. The molecule has 1 heterocycles. The average Bonchev–Trinajstić information content (AvgIpc) is 3.13. The van der Waals surface area contributed by atoms with Crippen molar-refractivity contribution < 1.29 is 14.3 Å². The van der Waals surface area contributed by atoms with Crippen LogP contribution in [-0.2, 0) is 9.53 Å². The molecular weight excluding hydrogens is 378 g/mol. The Morgan fingerprint density at radius 2 is 2.04 bits per heavy atom. The molecule has 1 aromatic carbocycles. The van der Waals surface area contributed by atoms with Gasteiger partial charge in [-0.25, -0.2) is 0 Å². The van der Waals surface area contributed by atoms with Crippen LogP contribution in [0.5, 0.6) is 5.75 Å². The fourth-order valence-electron chi connectivity index (χ4n) is 2.20. The zero-order valence-corrected chi connectivity index (χ0v) is 16.7. The topological polar surface area (TPSA) is 71.6 Å². The molecule has 0 bridgehead atoms. The number of methoxy groups -OCH3 is 1. The number of thioether (sulfide) groups is 2. The van der Waals surface area contributed by atoms with Gasteiger partial charge in [0, 0.05) is 30.2 Å². The summed E-state index contributed by atoms with van der Waals surface area (Å²) < 4.78 is 11.1. The number of ether oxygens (including phenoxy) is 2. The van der Waals surface area contributed by atoms with Gasteiger partial charge in [-0.1, -0.05) is 18.2 Å². The van der Waals surface area contributed by atoms with Gasteiger partial charge in [0.2, 0.25) is 0 Å². The van der Waals surface area contributed by atoms with Crippen molar-refractivity contribution in [3.63, 3.8) is 0 Å². The van der Waals surface area contributed by atoms with Crippen molar-refractivity contribution in [1.29, 1.82) is 0 Å². The Balaban J connectivity index is 1.76. The van der Waals surface area contributed by atoms with Gasteiger partial charge < -0.3 is 14.8 Å². The minimum atomic E-state index is -0.301. The van der Waals surface area contributed by atoms with Crippen molar-refractivity contribution in [2.75, 3.05) is 31.8 Å². The van der Waals surface area contributed by atoms with E-state index in [0.717, 1.165) is 22.8 Å². The molecule has 138 valence electrons. The normalized spacial score (nSPS) is 15.4. The predicted molar refractivity (Wildman–Crippen MR) is 108 cm³/mol. The molecule has 1 aliphatic rings. The molecule has 25 heavy (non-hydrogen) atoms. The van der Waals surface area contributed by atoms with E-state index in [1.165, 1.54) is 0 Å². The van der Waals surface area contributed by atoms with Gasteiger partial charge in [-0.2, -0.15) is 0 Å². The van der Waals surface area contributed by atoms with Crippen LogP contribution in [0.15, 0.2) is 24.3 Å². The molecule has 0 saturated carbocycles. The molecule has 0 unspecified atom stereocenters. The molecule has 1 aliphatic heterocycles. The number of hydrogen-bond acceptors (Lipinski definition) is 6. The second-order valence-electron chi connectivity index (χ2n) is 5.40. The third-order valence-corrected chi connectivity index (χ3v) is 6.55. The summed E-state index contributed by atoms with van der Waals surface area (Å²) in [5.74, 6) is 2.73. The van der Waals surface area contributed by atoms with Crippen LogP contribution in [0.1, 0.15) is 17.1 Å². The van der Waals surface area contributed by atoms with Crippen molar-refractivity contribution in [2.24, 2.45) is 0 Å². The number of hydrogen-bond donors (Lipinski definition) is 3. The highest BCUT2D eigenvalue weighted by Gasteiger charge is 2.21. The van der Waals surface area contributed by atoms with E-state index in [4.69, 9.17) is 21.7 Å². The first-order chi connectivity index (χ1) is 12.1. The van der Waals surface area contributed by atoms with Gasteiger partial charge in [-0.05, 0) is 25.2 Å². The maximum atomic E-state index is 11.9. The summed E-state index contributed by atoms with van der Waals surface area (Å²) in [6.45, 7) is 2.37. The van der Waals surface area contributed by atoms with Crippen LogP contribution >= 0.6 is 35.7 Å². The van der Waals surface area contributed by atoms with Gasteiger partial charge in [0.25, 0.3) is 5.91 Å². The SMILES string of the molecule is COC[C@H](C)NC(=S)NNC(=O)COc1ccccc1C1SCCS1. The highest BCUT2D eigenvalue weighted by Crippen LogP contribution is 2.48. The van der Waals surface area contributed by atoms with Gasteiger partial charge in [-0.3, -0.25) is 15.6 Å². The van der Waals surface area contributed by atoms with E-state index in [0.29, 0.717) is 16.3 Å². The molecule has 3 N–H and O–H groups in total. The fourth-order valence-corrected chi connectivity index (χ4v) is 5.36. The molecule has 0 aliphatic carbocycles. The van der Waals surface area contributed by atoms with E-state index < -0.39 is 0 Å². The lowest BCUT2D eigenvalue weighted by Crippen LogP contribution is -2.50. The van der Waals surface area contributed by atoms with Crippen LogP contribution in [0.25, 0.3) is 0 Å². The molecule has 1 saturated heterocycles. The molecule has 1 amide bonds. The zero-order valence-electron chi connectivity index (χ0n) is 14.2. The lowest BCUT2D eigenvalue weighted by atomic mass is 10.2. The van der Waals surface area contributed by atoms with E-state index in [-0.39, 0.29) is 18.6 Å². The third kappa shape index (κ3) is 6.93. The van der Waals surface area contributed by atoms with Crippen molar-refractivity contribution in [1.82, 2.24) is 16.2 Å². The summed E-state index contributed by atoms with van der Waals surface area (Å²) in [5, 5.41) is 3.32. The molecule has 0 aromatic heterocycles.